The van der Waals surface area contributed by atoms with Gasteiger partial charge in [-0.25, -0.2) is 22.0 Å². The minimum atomic E-state index is -4.19. The molecule has 2 aromatic carbocycles. The highest BCUT2D eigenvalue weighted by Crippen LogP contribution is 2.45. The molecule has 1 fully saturated rings. The van der Waals surface area contributed by atoms with E-state index in [1.807, 2.05) is 0 Å². The van der Waals surface area contributed by atoms with Crippen LogP contribution >= 0.6 is 0 Å². The SMILES string of the molecule is CCCc1cc(F)c(C(F)(F)OC2C=CC(C3CCC(C(F)(F)Oc4cc(F)c(F)c(F)c4)CC3)CC2)c(F)c1. The molecule has 2 aliphatic rings. The molecule has 0 heterocycles. The van der Waals surface area contributed by atoms with Gasteiger partial charge in [-0.3, -0.25) is 0 Å². The summed E-state index contributed by atoms with van der Waals surface area (Å²) in [6.45, 7) is 1.79. The molecule has 0 aromatic heterocycles. The van der Waals surface area contributed by atoms with Gasteiger partial charge in [-0.05, 0) is 74.5 Å². The van der Waals surface area contributed by atoms with Gasteiger partial charge >= 0.3 is 12.2 Å². The Morgan fingerprint density at radius 2 is 1.35 bits per heavy atom. The van der Waals surface area contributed by atoms with Gasteiger partial charge in [0.1, 0.15) is 22.9 Å². The number of benzene rings is 2. The zero-order valence-electron chi connectivity index (χ0n) is 21.6. The molecule has 2 unspecified atom stereocenters. The monoisotopic (exact) mass is 580 g/mol. The molecule has 220 valence electrons. The Kier molecular flexibility index (Phi) is 9.11. The number of hydrogen-bond donors (Lipinski definition) is 0. The molecule has 0 N–H and O–H groups in total. The van der Waals surface area contributed by atoms with Crippen LogP contribution in [0, 0.1) is 46.8 Å². The molecule has 40 heavy (non-hydrogen) atoms. The van der Waals surface area contributed by atoms with E-state index < -0.39 is 64.6 Å². The number of rotatable bonds is 9. The van der Waals surface area contributed by atoms with Gasteiger partial charge in [-0.1, -0.05) is 25.5 Å². The van der Waals surface area contributed by atoms with Crippen LogP contribution in [0.2, 0.25) is 0 Å². The summed E-state index contributed by atoms with van der Waals surface area (Å²) in [7, 11) is 0. The van der Waals surface area contributed by atoms with Gasteiger partial charge in [-0.2, -0.15) is 17.6 Å². The summed E-state index contributed by atoms with van der Waals surface area (Å²) in [5.41, 5.74) is -1.16. The van der Waals surface area contributed by atoms with Crippen LogP contribution in [0.1, 0.15) is 63.0 Å². The lowest BCUT2D eigenvalue weighted by Crippen LogP contribution is -2.38. The molecule has 2 aromatic rings. The third-order valence-electron chi connectivity index (χ3n) is 7.65. The van der Waals surface area contributed by atoms with Crippen LogP contribution in [0.15, 0.2) is 36.4 Å². The fourth-order valence-electron chi connectivity index (χ4n) is 5.61. The number of halogens is 9. The van der Waals surface area contributed by atoms with Gasteiger partial charge in [0.15, 0.2) is 17.5 Å². The molecular formula is C29H29F9O2. The van der Waals surface area contributed by atoms with Gasteiger partial charge in [-0.15, -0.1) is 0 Å². The van der Waals surface area contributed by atoms with Crippen molar-refractivity contribution in [2.45, 2.75) is 76.6 Å². The number of hydrogen-bond acceptors (Lipinski definition) is 2. The second kappa shape index (κ2) is 12.0. The molecular weight excluding hydrogens is 551 g/mol. The Hall–Kier alpha value is -2.69. The van der Waals surface area contributed by atoms with Crippen molar-refractivity contribution in [3.63, 3.8) is 0 Å². The van der Waals surface area contributed by atoms with E-state index in [2.05, 4.69) is 4.74 Å². The second-order valence-electron chi connectivity index (χ2n) is 10.5. The van der Waals surface area contributed by atoms with E-state index in [-0.39, 0.29) is 36.7 Å². The van der Waals surface area contributed by atoms with Crippen LogP contribution in [0.25, 0.3) is 0 Å². The number of ether oxygens (including phenoxy) is 2. The van der Waals surface area contributed by atoms with Crippen LogP contribution in [0.3, 0.4) is 0 Å². The van der Waals surface area contributed by atoms with Crippen LogP contribution in [0.5, 0.6) is 5.75 Å². The average Bonchev–Trinajstić information content (AvgIpc) is 2.87. The van der Waals surface area contributed by atoms with Crippen molar-refractivity contribution in [3.05, 3.63) is 76.6 Å². The van der Waals surface area contributed by atoms with E-state index in [0.717, 1.165) is 12.1 Å². The number of aryl methyl sites for hydroxylation is 1. The van der Waals surface area contributed by atoms with E-state index in [1.165, 1.54) is 6.08 Å². The van der Waals surface area contributed by atoms with Gasteiger partial charge in [0, 0.05) is 12.1 Å². The standard InChI is InChI=1S/C29H29F9O2/c1-2-3-16-12-22(30)26(23(31)13-16)29(37,38)39-20-10-6-18(7-11-20)17-4-8-19(9-5-17)28(35,36)40-21-14-24(32)27(34)25(33)15-21/h6,10,12-15,17-20H,2-5,7-9,11H2,1H3. The maximum Gasteiger partial charge on any atom is 0.400 e. The van der Waals surface area contributed by atoms with Crippen molar-refractivity contribution in [1.29, 1.82) is 0 Å². The summed E-state index contributed by atoms with van der Waals surface area (Å²) < 4.78 is 137. The highest BCUT2D eigenvalue weighted by molar-refractivity contribution is 5.29. The minimum absolute atomic E-state index is 0.0218. The highest BCUT2D eigenvalue weighted by Gasteiger charge is 2.46. The van der Waals surface area contributed by atoms with Crippen molar-refractivity contribution in [2.75, 3.05) is 0 Å². The minimum Gasteiger partial charge on any atom is -0.432 e. The third-order valence-corrected chi connectivity index (χ3v) is 7.65. The van der Waals surface area contributed by atoms with Crippen LogP contribution in [0.4, 0.5) is 39.5 Å². The third kappa shape index (κ3) is 6.78. The molecule has 0 spiro atoms. The fourth-order valence-corrected chi connectivity index (χ4v) is 5.61. The van der Waals surface area contributed by atoms with E-state index in [1.54, 1.807) is 13.0 Å². The van der Waals surface area contributed by atoms with Crippen LogP contribution < -0.4 is 4.74 Å². The van der Waals surface area contributed by atoms with Crippen molar-refractivity contribution in [1.82, 2.24) is 0 Å². The van der Waals surface area contributed by atoms with Crippen LogP contribution in [-0.4, -0.2) is 12.2 Å². The summed E-state index contributed by atoms with van der Waals surface area (Å²) in [5.74, 6) is -9.99. The lowest BCUT2D eigenvalue weighted by atomic mass is 9.72. The molecule has 11 heteroatoms. The van der Waals surface area contributed by atoms with Crippen molar-refractivity contribution in [2.24, 2.45) is 17.8 Å². The van der Waals surface area contributed by atoms with E-state index in [0.29, 0.717) is 44.2 Å². The van der Waals surface area contributed by atoms with E-state index >= 15 is 0 Å². The van der Waals surface area contributed by atoms with E-state index in [4.69, 9.17) is 4.74 Å². The molecule has 2 aliphatic carbocycles. The van der Waals surface area contributed by atoms with Gasteiger partial charge in [0.2, 0.25) is 0 Å². The van der Waals surface area contributed by atoms with E-state index in [9.17, 15) is 39.5 Å². The zero-order valence-corrected chi connectivity index (χ0v) is 21.6. The van der Waals surface area contributed by atoms with Gasteiger partial charge < -0.3 is 9.47 Å². The topological polar surface area (TPSA) is 18.5 Å². The summed E-state index contributed by atoms with van der Waals surface area (Å²) in [5, 5.41) is 0. The lowest BCUT2D eigenvalue weighted by molar-refractivity contribution is -0.269. The molecule has 2 nitrogen and oxygen atoms in total. The van der Waals surface area contributed by atoms with Gasteiger partial charge in [0.05, 0.1) is 12.0 Å². The molecule has 0 bridgehead atoms. The summed E-state index contributed by atoms with van der Waals surface area (Å²) in [4.78, 5) is 0. The Morgan fingerprint density at radius 1 is 0.750 bits per heavy atom. The molecule has 0 radical (unpaired) electrons. The predicted molar refractivity (Wildman–Crippen MR) is 128 cm³/mol. The fraction of sp³-hybridized carbons (Fsp3) is 0.517. The van der Waals surface area contributed by atoms with Crippen molar-refractivity contribution < 1.29 is 49.0 Å². The largest absolute Gasteiger partial charge is 0.432 e. The zero-order chi connectivity index (χ0) is 29.2. The summed E-state index contributed by atoms with van der Waals surface area (Å²) in [6.07, 6.45) is -3.64. The lowest BCUT2D eigenvalue weighted by Gasteiger charge is -2.37. The van der Waals surface area contributed by atoms with Gasteiger partial charge in [0.25, 0.3) is 0 Å². The first kappa shape index (κ1) is 30.3. The Bertz CT molecular complexity index is 1180. The smallest absolute Gasteiger partial charge is 0.400 e. The Labute approximate surface area is 226 Å². The van der Waals surface area contributed by atoms with Crippen molar-refractivity contribution in [3.8, 4) is 5.75 Å². The molecule has 1 saturated carbocycles. The number of allylic oxidation sites excluding steroid dienone is 1. The molecule has 0 saturated heterocycles. The Morgan fingerprint density at radius 3 is 1.88 bits per heavy atom. The second-order valence-corrected chi connectivity index (χ2v) is 10.5. The molecule has 2 atom stereocenters. The summed E-state index contributed by atoms with van der Waals surface area (Å²) >= 11 is 0. The first-order valence-electron chi connectivity index (χ1n) is 13.2. The first-order valence-corrected chi connectivity index (χ1v) is 13.2. The van der Waals surface area contributed by atoms with Crippen molar-refractivity contribution >= 4 is 0 Å². The summed E-state index contributed by atoms with van der Waals surface area (Å²) in [6, 6.07) is 2.48. The number of alkyl halides is 4. The predicted octanol–water partition coefficient (Wildman–Crippen LogP) is 9.21. The Balaban J connectivity index is 1.32. The molecule has 4 rings (SSSR count). The molecule has 0 amide bonds. The quantitative estimate of drug-likeness (QED) is 0.167. The molecule has 0 aliphatic heterocycles. The first-order chi connectivity index (χ1) is 18.8. The normalized spacial score (nSPS) is 23.9. The maximum atomic E-state index is 14.7. The maximum absolute atomic E-state index is 14.7. The highest BCUT2D eigenvalue weighted by atomic mass is 19.3. The average molecular weight is 581 g/mol. The van der Waals surface area contributed by atoms with Crippen LogP contribution in [-0.2, 0) is 17.3 Å².